The molecular weight excluding hydrogens is 336 g/mol. The predicted octanol–water partition coefficient (Wildman–Crippen LogP) is 4.11. The summed E-state index contributed by atoms with van der Waals surface area (Å²) in [5, 5.41) is 6.08. The van der Waals surface area contributed by atoms with E-state index in [4.69, 9.17) is 11.6 Å². The monoisotopic (exact) mass is 356 g/mol. The lowest BCUT2D eigenvalue weighted by atomic mass is 10.1. The number of anilines is 1. The smallest absolute Gasteiger partial charge is 0.253 e. The second kappa shape index (κ2) is 7.70. The second-order valence-electron chi connectivity index (χ2n) is 6.48. The van der Waals surface area contributed by atoms with E-state index in [1.165, 1.54) is 5.56 Å². The molecule has 0 heterocycles. The maximum absolute atomic E-state index is 12.1. The van der Waals surface area contributed by atoms with Gasteiger partial charge in [-0.2, -0.15) is 0 Å². The van der Waals surface area contributed by atoms with Crippen LogP contribution in [0.25, 0.3) is 0 Å². The molecule has 5 heteroatoms. The molecule has 0 bridgehead atoms. The molecule has 0 spiro atoms. The molecule has 130 valence electrons. The Hall–Kier alpha value is -2.33. The summed E-state index contributed by atoms with van der Waals surface area (Å²) < 4.78 is 0. The van der Waals surface area contributed by atoms with Crippen LogP contribution >= 0.6 is 11.6 Å². The third kappa shape index (κ3) is 5.07. The molecule has 1 aliphatic rings. The van der Waals surface area contributed by atoms with Gasteiger partial charge in [0.1, 0.15) is 0 Å². The van der Waals surface area contributed by atoms with Gasteiger partial charge in [-0.05, 0) is 49.9 Å². The number of amides is 2. The van der Waals surface area contributed by atoms with Crippen molar-refractivity contribution in [2.45, 2.75) is 38.6 Å². The number of aryl methyl sites for hydroxylation is 2. The highest BCUT2D eigenvalue weighted by Gasteiger charge is 2.24. The Balaban J connectivity index is 1.55. The van der Waals surface area contributed by atoms with Crippen molar-refractivity contribution in [3.63, 3.8) is 0 Å². The van der Waals surface area contributed by atoms with Crippen LogP contribution in [0.3, 0.4) is 0 Å². The van der Waals surface area contributed by atoms with Gasteiger partial charge in [-0.15, -0.1) is 0 Å². The minimum absolute atomic E-state index is 0.0762. The van der Waals surface area contributed by atoms with E-state index in [1.54, 1.807) is 18.2 Å². The summed E-state index contributed by atoms with van der Waals surface area (Å²) in [7, 11) is 0. The van der Waals surface area contributed by atoms with Crippen molar-refractivity contribution >= 4 is 29.1 Å². The summed E-state index contributed by atoms with van der Waals surface area (Å²) in [5.41, 5.74) is 3.36. The summed E-state index contributed by atoms with van der Waals surface area (Å²) in [4.78, 5) is 24.2. The lowest BCUT2D eigenvalue weighted by Gasteiger charge is -2.09. The van der Waals surface area contributed by atoms with Gasteiger partial charge >= 0.3 is 0 Å². The summed E-state index contributed by atoms with van der Waals surface area (Å²) in [6, 6.07) is 13.4. The Bertz CT molecular complexity index is 800. The van der Waals surface area contributed by atoms with Gasteiger partial charge in [0.05, 0.1) is 10.6 Å². The molecule has 0 aliphatic heterocycles. The van der Waals surface area contributed by atoms with Crippen LogP contribution < -0.4 is 10.6 Å². The first-order valence-electron chi connectivity index (χ1n) is 8.47. The third-order valence-corrected chi connectivity index (χ3v) is 4.45. The molecule has 4 nitrogen and oxygen atoms in total. The fourth-order valence-corrected chi connectivity index (χ4v) is 2.88. The molecule has 2 N–H and O–H groups in total. The van der Waals surface area contributed by atoms with Crippen LogP contribution in [0.4, 0.5) is 5.69 Å². The summed E-state index contributed by atoms with van der Waals surface area (Å²) in [6.07, 6.45) is 3.13. The number of halogens is 1. The van der Waals surface area contributed by atoms with E-state index in [9.17, 15) is 9.59 Å². The van der Waals surface area contributed by atoms with Crippen molar-refractivity contribution in [2.24, 2.45) is 0 Å². The van der Waals surface area contributed by atoms with Crippen molar-refractivity contribution in [1.29, 1.82) is 0 Å². The van der Waals surface area contributed by atoms with Crippen molar-refractivity contribution < 1.29 is 9.59 Å². The number of rotatable bonds is 6. The van der Waals surface area contributed by atoms with Crippen LogP contribution in [-0.4, -0.2) is 17.9 Å². The zero-order valence-corrected chi connectivity index (χ0v) is 14.9. The van der Waals surface area contributed by atoms with Crippen LogP contribution in [-0.2, 0) is 11.2 Å². The molecule has 0 unspecified atom stereocenters. The summed E-state index contributed by atoms with van der Waals surface area (Å²) in [6.45, 7) is 2.03. The number of hydrogen-bond acceptors (Lipinski definition) is 2. The van der Waals surface area contributed by atoms with Gasteiger partial charge in [-0.25, -0.2) is 0 Å². The normalized spacial score (nSPS) is 13.4. The molecule has 0 atom stereocenters. The first-order chi connectivity index (χ1) is 12.0. The van der Waals surface area contributed by atoms with Gasteiger partial charge in [0.2, 0.25) is 5.91 Å². The van der Waals surface area contributed by atoms with Crippen LogP contribution in [0.1, 0.15) is 40.7 Å². The van der Waals surface area contributed by atoms with E-state index in [0.717, 1.165) is 18.4 Å². The van der Waals surface area contributed by atoms with Crippen LogP contribution in [0, 0.1) is 6.92 Å². The number of nitrogens with one attached hydrogen (secondary N) is 2. The fraction of sp³-hybridized carbons (Fsp3) is 0.300. The highest BCUT2D eigenvalue weighted by Crippen LogP contribution is 2.24. The highest BCUT2D eigenvalue weighted by atomic mass is 35.5. The molecule has 0 aromatic heterocycles. The van der Waals surface area contributed by atoms with Gasteiger partial charge in [0.25, 0.3) is 5.91 Å². The Morgan fingerprint density at radius 2 is 1.96 bits per heavy atom. The van der Waals surface area contributed by atoms with Crippen LogP contribution in [0.5, 0.6) is 0 Å². The number of carbonyl (C=O) groups excluding carboxylic acids is 2. The fourth-order valence-electron chi connectivity index (χ4n) is 2.62. The quantitative estimate of drug-likeness (QED) is 0.818. The SMILES string of the molecule is Cc1cccc(CCC(=O)Nc2ccc(C(=O)NC3CC3)c(Cl)c2)c1. The Morgan fingerprint density at radius 1 is 1.16 bits per heavy atom. The first kappa shape index (κ1) is 17.5. The van der Waals surface area contributed by atoms with Gasteiger partial charge in [-0.3, -0.25) is 9.59 Å². The zero-order valence-electron chi connectivity index (χ0n) is 14.1. The molecule has 2 aromatic carbocycles. The predicted molar refractivity (Wildman–Crippen MR) is 100 cm³/mol. The van der Waals surface area contributed by atoms with Gasteiger partial charge in [-0.1, -0.05) is 41.4 Å². The van der Waals surface area contributed by atoms with Gasteiger partial charge < -0.3 is 10.6 Å². The molecule has 1 aliphatic carbocycles. The first-order valence-corrected chi connectivity index (χ1v) is 8.85. The molecule has 3 rings (SSSR count). The van der Waals surface area contributed by atoms with Crippen molar-refractivity contribution in [3.05, 3.63) is 64.2 Å². The summed E-state index contributed by atoms with van der Waals surface area (Å²) in [5.74, 6) is -0.238. The zero-order chi connectivity index (χ0) is 17.8. The Morgan fingerprint density at radius 3 is 2.64 bits per heavy atom. The van der Waals surface area contributed by atoms with E-state index < -0.39 is 0 Å². The molecule has 25 heavy (non-hydrogen) atoms. The molecule has 0 saturated heterocycles. The largest absolute Gasteiger partial charge is 0.349 e. The molecule has 1 saturated carbocycles. The molecule has 0 radical (unpaired) electrons. The Labute approximate surface area is 152 Å². The molecule has 2 amide bonds. The van der Waals surface area contributed by atoms with Crippen LogP contribution in [0.2, 0.25) is 5.02 Å². The van der Waals surface area contributed by atoms with Crippen molar-refractivity contribution in [1.82, 2.24) is 5.32 Å². The van der Waals surface area contributed by atoms with E-state index >= 15 is 0 Å². The minimum Gasteiger partial charge on any atom is -0.349 e. The van der Waals surface area contributed by atoms with E-state index in [1.807, 2.05) is 25.1 Å². The second-order valence-corrected chi connectivity index (χ2v) is 6.89. The van der Waals surface area contributed by atoms with Crippen molar-refractivity contribution in [3.8, 4) is 0 Å². The van der Waals surface area contributed by atoms with E-state index in [2.05, 4.69) is 16.7 Å². The molecule has 2 aromatic rings. The lowest BCUT2D eigenvalue weighted by Crippen LogP contribution is -2.25. The standard InChI is InChI=1S/C20H21ClN2O2/c1-13-3-2-4-14(11-13)5-10-19(24)22-16-8-9-17(18(21)12-16)20(25)23-15-6-7-15/h2-4,8-9,11-12,15H,5-7,10H2,1H3,(H,22,24)(H,23,25). The van der Waals surface area contributed by atoms with E-state index in [0.29, 0.717) is 29.1 Å². The average Bonchev–Trinajstić information content (AvgIpc) is 3.37. The van der Waals surface area contributed by atoms with Crippen molar-refractivity contribution in [2.75, 3.05) is 5.32 Å². The summed E-state index contributed by atoms with van der Waals surface area (Å²) >= 11 is 6.19. The number of carbonyl (C=O) groups is 2. The molecule has 1 fully saturated rings. The minimum atomic E-state index is -0.162. The number of hydrogen-bond donors (Lipinski definition) is 2. The maximum Gasteiger partial charge on any atom is 0.253 e. The van der Waals surface area contributed by atoms with Gasteiger partial charge in [0, 0.05) is 18.2 Å². The van der Waals surface area contributed by atoms with Crippen LogP contribution in [0.15, 0.2) is 42.5 Å². The topological polar surface area (TPSA) is 58.2 Å². The Kier molecular flexibility index (Phi) is 5.39. The van der Waals surface area contributed by atoms with E-state index in [-0.39, 0.29) is 17.9 Å². The highest BCUT2D eigenvalue weighted by molar-refractivity contribution is 6.34. The average molecular weight is 357 g/mol. The number of benzene rings is 2. The lowest BCUT2D eigenvalue weighted by molar-refractivity contribution is -0.116. The molecular formula is C20H21ClN2O2. The van der Waals surface area contributed by atoms with Gasteiger partial charge in [0.15, 0.2) is 0 Å². The maximum atomic E-state index is 12.1. The third-order valence-electron chi connectivity index (χ3n) is 4.13.